The van der Waals surface area contributed by atoms with E-state index in [4.69, 9.17) is 0 Å². The summed E-state index contributed by atoms with van der Waals surface area (Å²) in [7, 11) is 0. The Labute approximate surface area is 89.7 Å². The summed E-state index contributed by atoms with van der Waals surface area (Å²) in [5.74, 6) is 0.246. The molecule has 0 unspecified atom stereocenters. The van der Waals surface area contributed by atoms with Crippen molar-refractivity contribution in [3.63, 3.8) is 0 Å². The van der Waals surface area contributed by atoms with E-state index in [9.17, 15) is 5.11 Å². The van der Waals surface area contributed by atoms with Gasteiger partial charge in [0.05, 0.1) is 0 Å². The van der Waals surface area contributed by atoms with E-state index in [1.807, 2.05) is 31.2 Å². The molecule has 1 aromatic carbocycles. The third kappa shape index (κ3) is 1.87. The third-order valence-corrected chi connectivity index (χ3v) is 1.84. The van der Waals surface area contributed by atoms with Crippen molar-refractivity contribution in [2.24, 2.45) is 0 Å². The number of phenols is 1. The zero-order valence-electron chi connectivity index (χ0n) is 6.78. The van der Waals surface area contributed by atoms with Gasteiger partial charge in [-0.3, -0.25) is 0 Å². The van der Waals surface area contributed by atoms with E-state index >= 15 is 0 Å². The standard InChI is InChI=1S/C10H9NO.Ga.3H/c1-7-5-6-8-3-2-4-9(12)10(8)11-7;;;;/h2-6,12H,1H3;;;;. The van der Waals surface area contributed by atoms with Crippen molar-refractivity contribution in [1.82, 2.24) is 4.98 Å². The van der Waals surface area contributed by atoms with Crippen molar-refractivity contribution in [3.05, 3.63) is 36.0 Å². The van der Waals surface area contributed by atoms with Gasteiger partial charge in [0.25, 0.3) is 0 Å². The van der Waals surface area contributed by atoms with Crippen molar-refractivity contribution in [1.29, 1.82) is 0 Å². The van der Waals surface area contributed by atoms with Gasteiger partial charge in [-0.15, -0.1) is 0 Å². The molecule has 0 aliphatic carbocycles. The van der Waals surface area contributed by atoms with Crippen LogP contribution in [0.15, 0.2) is 30.3 Å². The van der Waals surface area contributed by atoms with Gasteiger partial charge in [0.15, 0.2) is 0 Å². The first-order valence-corrected chi connectivity index (χ1v) is 3.83. The molecule has 0 saturated heterocycles. The van der Waals surface area contributed by atoms with Crippen LogP contribution < -0.4 is 0 Å². The molecule has 0 bridgehead atoms. The van der Waals surface area contributed by atoms with Crippen LogP contribution in [0.1, 0.15) is 5.69 Å². The summed E-state index contributed by atoms with van der Waals surface area (Å²) in [6, 6.07) is 9.28. The summed E-state index contributed by atoms with van der Waals surface area (Å²) in [6.07, 6.45) is 0. The average molecular weight is 232 g/mol. The van der Waals surface area contributed by atoms with Crippen molar-refractivity contribution >= 4 is 30.7 Å². The first-order chi connectivity index (χ1) is 5.77. The third-order valence-electron chi connectivity index (χ3n) is 1.84. The van der Waals surface area contributed by atoms with Gasteiger partial charge in [0.2, 0.25) is 0 Å². The van der Waals surface area contributed by atoms with Gasteiger partial charge in [-0.05, 0) is 19.1 Å². The van der Waals surface area contributed by atoms with Gasteiger partial charge < -0.3 is 5.11 Å². The second-order valence-corrected chi connectivity index (χ2v) is 2.80. The van der Waals surface area contributed by atoms with E-state index in [1.54, 1.807) is 6.07 Å². The van der Waals surface area contributed by atoms with Crippen molar-refractivity contribution < 1.29 is 5.11 Å². The molecule has 66 valence electrons. The number of phenolic OH excluding ortho intramolecular Hbond substituents is 1. The van der Waals surface area contributed by atoms with Crippen LogP contribution in [-0.2, 0) is 0 Å². The van der Waals surface area contributed by atoms with Crippen LogP contribution in [-0.4, -0.2) is 29.9 Å². The molecule has 13 heavy (non-hydrogen) atoms. The molecule has 2 rings (SSSR count). The fourth-order valence-corrected chi connectivity index (χ4v) is 1.23. The molecule has 1 aromatic heterocycles. The number of para-hydroxylation sites is 1. The summed E-state index contributed by atoms with van der Waals surface area (Å²) in [5, 5.41) is 10.4. The molecule has 1 heterocycles. The minimum absolute atomic E-state index is 0. The molecule has 0 fully saturated rings. The van der Waals surface area contributed by atoms with Gasteiger partial charge >= 0.3 is 19.8 Å². The maximum atomic E-state index is 9.43. The van der Waals surface area contributed by atoms with E-state index in [1.165, 1.54) is 0 Å². The van der Waals surface area contributed by atoms with Gasteiger partial charge in [0.1, 0.15) is 11.3 Å². The van der Waals surface area contributed by atoms with Crippen LogP contribution in [0.2, 0.25) is 0 Å². The van der Waals surface area contributed by atoms with Crippen LogP contribution in [0.3, 0.4) is 0 Å². The molecule has 2 nitrogen and oxygen atoms in total. The second-order valence-electron chi connectivity index (χ2n) is 2.80. The van der Waals surface area contributed by atoms with E-state index in [-0.39, 0.29) is 25.5 Å². The Morgan fingerprint density at radius 2 is 1.92 bits per heavy atom. The fraction of sp³-hybridized carbons (Fsp3) is 0.100. The Balaban J connectivity index is 0.000000845. The summed E-state index contributed by atoms with van der Waals surface area (Å²) in [5.41, 5.74) is 1.60. The number of aryl methyl sites for hydroxylation is 1. The number of benzene rings is 1. The van der Waals surface area contributed by atoms with Gasteiger partial charge in [-0.2, -0.15) is 0 Å². The summed E-state index contributed by atoms with van der Waals surface area (Å²) in [6.45, 7) is 1.91. The van der Waals surface area contributed by atoms with Crippen LogP contribution >= 0.6 is 0 Å². The van der Waals surface area contributed by atoms with Crippen LogP contribution in [0.5, 0.6) is 5.75 Å². The van der Waals surface area contributed by atoms with E-state index < -0.39 is 0 Å². The SMILES string of the molecule is Cc1ccc2cccc(O)c2n1.[GaH3]. The van der Waals surface area contributed by atoms with Gasteiger partial charge in [0, 0.05) is 11.1 Å². The summed E-state index contributed by atoms with van der Waals surface area (Å²) in [4.78, 5) is 4.23. The van der Waals surface area contributed by atoms with Crippen LogP contribution in [0.4, 0.5) is 0 Å². The van der Waals surface area contributed by atoms with Crippen molar-refractivity contribution in [2.75, 3.05) is 0 Å². The van der Waals surface area contributed by atoms with E-state index in [2.05, 4.69) is 4.98 Å². The van der Waals surface area contributed by atoms with Crippen molar-refractivity contribution in [2.45, 2.75) is 6.92 Å². The molecule has 0 atom stereocenters. The first kappa shape index (κ1) is 10.1. The number of hydrogen-bond donors (Lipinski definition) is 1. The molecule has 0 saturated carbocycles. The number of fused-ring (bicyclic) bond motifs is 1. The van der Waals surface area contributed by atoms with Crippen LogP contribution in [0.25, 0.3) is 10.9 Å². The fourth-order valence-electron chi connectivity index (χ4n) is 1.23. The summed E-state index contributed by atoms with van der Waals surface area (Å²) < 4.78 is 0. The zero-order valence-corrected chi connectivity index (χ0v) is 6.78. The van der Waals surface area contributed by atoms with E-state index in [0.717, 1.165) is 11.1 Å². The molecular formula is C10H12GaNO. The van der Waals surface area contributed by atoms with Crippen LogP contribution in [0, 0.1) is 6.92 Å². The number of hydrogen-bond acceptors (Lipinski definition) is 2. The Hall–Kier alpha value is -0.934. The monoisotopic (exact) mass is 231 g/mol. The maximum absolute atomic E-state index is 9.43. The Kier molecular flexibility index (Phi) is 3.01. The summed E-state index contributed by atoms with van der Waals surface area (Å²) >= 11 is 0. The normalized spacial score (nSPS) is 9.62. The average Bonchev–Trinajstić information content (AvgIpc) is 2.07. The number of aromatic hydroxyl groups is 1. The Morgan fingerprint density at radius 3 is 2.69 bits per heavy atom. The Bertz CT molecular complexity index is 428. The molecule has 0 aliphatic rings. The van der Waals surface area contributed by atoms with Gasteiger partial charge in [-0.1, -0.05) is 18.2 Å². The molecule has 1 N–H and O–H groups in total. The molecule has 0 radical (unpaired) electrons. The van der Waals surface area contributed by atoms with E-state index in [0.29, 0.717) is 5.52 Å². The number of pyridine rings is 1. The van der Waals surface area contributed by atoms with Gasteiger partial charge in [-0.25, -0.2) is 4.98 Å². The molecule has 0 amide bonds. The number of rotatable bonds is 0. The molecular weight excluding hydrogens is 220 g/mol. The topological polar surface area (TPSA) is 33.1 Å². The second kappa shape index (κ2) is 3.85. The zero-order chi connectivity index (χ0) is 8.55. The first-order valence-electron chi connectivity index (χ1n) is 3.83. The number of aromatic nitrogens is 1. The molecule has 3 heteroatoms. The van der Waals surface area contributed by atoms with Crippen molar-refractivity contribution in [3.8, 4) is 5.75 Å². The molecule has 0 spiro atoms. The molecule has 2 aromatic rings. The quantitative estimate of drug-likeness (QED) is 0.689. The number of nitrogens with zero attached hydrogens (tertiary/aromatic N) is 1. The Morgan fingerprint density at radius 1 is 1.15 bits per heavy atom. The molecule has 0 aliphatic heterocycles. The minimum atomic E-state index is 0. The predicted molar refractivity (Wildman–Crippen MR) is 58.1 cm³/mol. The predicted octanol–water partition coefficient (Wildman–Crippen LogP) is 1.06.